The van der Waals surface area contributed by atoms with Crippen LogP contribution in [0.4, 0.5) is 0 Å². The molecule has 0 amide bonds. The lowest BCUT2D eigenvalue weighted by Gasteiger charge is -2.10. The number of hydrogen-bond acceptors (Lipinski definition) is 4. The predicted molar refractivity (Wildman–Crippen MR) is 70.3 cm³/mol. The first-order valence-electron chi connectivity index (χ1n) is 5.38. The van der Waals surface area contributed by atoms with Gasteiger partial charge in [-0.15, -0.1) is 5.10 Å². The van der Waals surface area contributed by atoms with Crippen LogP contribution in [0.15, 0.2) is 24.3 Å². The molecule has 1 aromatic heterocycles. The zero-order chi connectivity index (χ0) is 13.1. The molecule has 0 saturated heterocycles. The van der Waals surface area contributed by atoms with Gasteiger partial charge in [-0.3, -0.25) is 0 Å². The highest BCUT2D eigenvalue weighted by molar-refractivity contribution is 6.29. The first kappa shape index (κ1) is 12.6. The summed E-state index contributed by atoms with van der Waals surface area (Å²) in [5.41, 5.74) is 2.70. The summed E-state index contributed by atoms with van der Waals surface area (Å²) in [7, 11) is 3.21. The first-order chi connectivity index (χ1) is 8.65. The Morgan fingerprint density at radius 3 is 2.39 bits per heavy atom. The second kappa shape index (κ2) is 5.23. The van der Waals surface area contributed by atoms with Gasteiger partial charge in [0.05, 0.1) is 19.9 Å². The van der Waals surface area contributed by atoms with Crippen molar-refractivity contribution in [1.29, 1.82) is 0 Å². The Labute approximate surface area is 111 Å². The second-order valence-electron chi connectivity index (χ2n) is 3.74. The zero-order valence-corrected chi connectivity index (χ0v) is 11.2. The Kier molecular flexibility index (Phi) is 3.67. The average Bonchev–Trinajstić information content (AvgIpc) is 2.40. The minimum atomic E-state index is 0.366. The molecular formula is C13H13ClN2O2. The van der Waals surface area contributed by atoms with Crippen LogP contribution in [0.3, 0.4) is 0 Å². The van der Waals surface area contributed by atoms with Crippen molar-refractivity contribution in [3.05, 3.63) is 35.1 Å². The van der Waals surface area contributed by atoms with Crippen LogP contribution in [-0.4, -0.2) is 24.4 Å². The van der Waals surface area contributed by atoms with Gasteiger partial charge in [-0.05, 0) is 30.7 Å². The Morgan fingerprint density at radius 1 is 1.00 bits per heavy atom. The summed E-state index contributed by atoms with van der Waals surface area (Å²) in [4.78, 5) is 0. The molecule has 1 heterocycles. The van der Waals surface area contributed by atoms with Crippen molar-refractivity contribution in [2.45, 2.75) is 6.92 Å². The molecule has 0 radical (unpaired) electrons. The fourth-order valence-corrected chi connectivity index (χ4v) is 1.87. The quantitative estimate of drug-likeness (QED) is 0.854. The molecule has 1 aromatic carbocycles. The molecule has 2 aromatic rings. The number of nitrogens with zero attached hydrogens (tertiary/aromatic N) is 2. The lowest BCUT2D eigenvalue weighted by Crippen LogP contribution is -1.94. The molecule has 0 aliphatic heterocycles. The normalized spacial score (nSPS) is 10.2. The fourth-order valence-electron chi connectivity index (χ4n) is 1.73. The number of rotatable bonds is 3. The highest BCUT2D eigenvalue weighted by Gasteiger charge is 2.09. The van der Waals surface area contributed by atoms with E-state index in [0.29, 0.717) is 16.7 Å². The van der Waals surface area contributed by atoms with E-state index in [0.717, 1.165) is 16.8 Å². The van der Waals surface area contributed by atoms with E-state index in [9.17, 15) is 0 Å². The lowest BCUT2D eigenvalue weighted by molar-refractivity contribution is 0.355. The molecule has 0 atom stereocenters. The van der Waals surface area contributed by atoms with Crippen LogP contribution < -0.4 is 9.47 Å². The van der Waals surface area contributed by atoms with E-state index >= 15 is 0 Å². The highest BCUT2D eigenvalue weighted by Crippen LogP contribution is 2.33. The number of aryl methyl sites for hydroxylation is 1. The Bertz CT molecular complexity index is 573. The van der Waals surface area contributed by atoms with Crippen LogP contribution in [0.5, 0.6) is 11.5 Å². The predicted octanol–water partition coefficient (Wildman–Crippen LogP) is 3.12. The smallest absolute Gasteiger partial charge is 0.161 e. The van der Waals surface area contributed by atoms with Gasteiger partial charge in [-0.2, -0.15) is 5.10 Å². The van der Waals surface area contributed by atoms with Gasteiger partial charge in [-0.25, -0.2) is 0 Å². The molecule has 94 valence electrons. The number of methoxy groups -OCH3 is 2. The van der Waals surface area contributed by atoms with Gasteiger partial charge in [0.1, 0.15) is 0 Å². The third-order valence-electron chi connectivity index (χ3n) is 2.64. The number of benzene rings is 1. The van der Waals surface area contributed by atoms with Gasteiger partial charge in [0.15, 0.2) is 16.7 Å². The van der Waals surface area contributed by atoms with Gasteiger partial charge >= 0.3 is 0 Å². The summed E-state index contributed by atoms with van der Waals surface area (Å²) in [6, 6.07) is 7.45. The van der Waals surface area contributed by atoms with Crippen molar-refractivity contribution in [1.82, 2.24) is 10.2 Å². The molecule has 2 rings (SSSR count). The summed E-state index contributed by atoms with van der Waals surface area (Å²) < 4.78 is 10.5. The monoisotopic (exact) mass is 264 g/mol. The number of aromatic nitrogens is 2. The first-order valence-corrected chi connectivity index (χ1v) is 5.75. The maximum absolute atomic E-state index is 5.87. The molecule has 0 unspecified atom stereocenters. The van der Waals surface area contributed by atoms with Gasteiger partial charge in [0.25, 0.3) is 0 Å². The van der Waals surface area contributed by atoms with Crippen LogP contribution in [0.1, 0.15) is 5.69 Å². The second-order valence-corrected chi connectivity index (χ2v) is 4.12. The topological polar surface area (TPSA) is 44.2 Å². The van der Waals surface area contributed by atoms with E-state index in [1.165, 1.54) is 0 Å². The highest BCUT2D eigenvalue weighted by atomic mass is 35.5. The molecular weight excluding hydrogens is 252 g/mol. The molecule has 0 fully saturated rings. The van der Waals surface area contributed by atoms with Crippen molar-refractivity contribution < 1.29 is 9.47 Å². The van der Waals surface area contributed by atoms with Crippen LogP contribution in [0.25, 0.3) is 11.1 Å². The van der Waals surface area contributed by atoms with Crippen LogP contribution >= 0.6 is 11.6 Å². The maximum atomic E-state index is 5.87. The molecule has 0 N–H and O–H groups in total. The van der Waals surface area contributed by atoms with E-state index in [-0.39, 0.29) is 0 Å². The van der Waals surface area contributed by atoms with Gasteiger partial charge in [0.2, 0.25) is 0 Å². The summed E-state index contributed by atoms with van der Waals surface area (Å²) in [6.45, 7) is 1.88. The van der Waals surface area contributed by atoms with Crippen LogP contribution in [0.2, 0.25) is 5.15 Å². The van der Waals surface area contributed by atoms with Crippen molar-refractivity contribution in [3.63, 3.8) is 0 Å². The van der Waals surface area contributed by atoms with E-state index in [4.69, 9.17) is 21.1 Å². The SMILES string of the molecule is COc1ccc(-c2cc(Cl)nnc2C)cc1OC. The number of halogens is 1. The largest absolute Gasteiger partial charge is 0.493 e. The minimum Gasteiger partial charge on any atom is -0.493 e. The van der Waals surface area contributed by atoms with Crippen molar-refractivity contribution in [2.75, 3.05) is 14.2 Å². The molecule has 0 aliphatic carbocycles. The molecule has 18 heavy (non-hydrogen) atoms. The van der Waals surface area contributed by atoms with Gasteiger partial charge in [-0.1, -0.05) is 17.7 Å². The molecule has 5 heteroatoms. The molecule has 0 aliphatic rings. The summed E-state index contributed by atoms with van der Waals surface area (Å²) >= 11 is 5.87. The lowest BCUT2D eigenvalue weighted by atomic mass is 10.0. The third kappa shape index (κ3) is 2.38. The molecule has 4 nitrogen and oxygen atoms in total. The summed E-state index contributed by atoms with van der Waals surface area (Å²) in [6.07, 6.45) is 0. The van der Waals surface area contributed by atoms with Crippen LogP contribution in [-0.2, 0) is 0 Å². The summed E-state index contributed by atoms with van der Waals surface area (Å²) in [5.74, 6) is 1.36. The van der Waals surface area contributed by atoms with E-state index in [2.05, 4.69) is 10.2 Å². The fraction of sp³-hybridized carbons (Fsp3) is 0.231. The van der Waals surface area contributed by atoms with Crippen LogP contribution in [0, 0.1) is 6.92 Å². The third-order valence-corrected chi connectivity index (χ3v) is 2.83. The van der Waals surface area contributed by atoms with E-state index in [1.54, 1.807) is 20.3 Å². The van der Waals surface area contributed by atoms with Gasteiger partial charge < -0.3 is 9.47 Å². The number of ether oxygens (including phenoxy) is 2. The minimum absolute atomic E-state index is 0.366. The molecule has 0 bridgehead atoms. The van der Waals surface area contributed by atoms with Crippen molar-refractivity contribution >= 4 is 11.6 Å². The van der Waals surface area contributed by atoms with Crippen molar-refractivity contribution in [2.24, 2.45) is 0 Å². The zero-order valence-electron chi connectivity index (χ0n) is 10.4. The Balaban J connectivity index is 2.54. The summed E-state index contributed by atoms with van der Waals surface area (Å²) in [5, 5.41) is 8.17. The van der Waals surface area contributed by atoms with E-state index < -0.39 is 0 Å². The maximum Gasteiger partial charge on any atom is 0.161 e. The number of hydrogen-bond donors (Lipinski definition) is 0. The van der Waals surface area contributed by atoms with E-state index in [1.807, 2.05) is 25.1 Å². The molecule has 0 spiro atoms. The molecule has 0 saturated carbocycles. The van der Waals surface area contributed by atoms with Crippen molar-refractivity contribution in [3.8, 4) is 22.6 Å². The average molecular weight is 265 g/mol. The van der Waals surface area contributed by atoms with Gasteiger partial charge in [0, 0.05) is 5.56 Å². The Hall–Kier alpha value is -1.81. The Morgan fingerprint density at radius 2 is 1.72 bits per heavy atom. The standard InChI is InChI=1S/C13H13ClN2O2/c1-8-10(7-13(14)16-15-8)9-4-5-11(17-2)12(6-9)18-3/h4-7H,1-3H3.